The lowest BCUT2D eigenvalue weighted by Crippen LogP contribution is -2.35. The van der Waals surface area contributed by atoms with E-state index in [9.17, 15) is 14.4 Å². The maximum Gasteiger partial charge on any atom is 0.411 e. The van der Waals surface area contributed by atoms with E-state index < -0.39 is 6.09 Å². The molecule has 25 heavy (non-hydrogen) atoms. The van der Waals surface area contributed by atoms with Gasteiger partial charge in [0.15, 0.2) is 0 Å². The molecule has 2 N–H and O–H groups in total. The third-order valence-corrected chi connectivity index (χ3v) is 4.18. The van der Waals surface area contributed by atoms with Gasteiger partial charge in [0.25, 0.3) is 5.91 Å². The highest BCUT2D eigenvalue weighted by Crippen LogP contribution is 2.15. The van der Waals surface area contributed by atoms with Gasteiger partial charge >= 0.3 is 6.09 Å². The van der Waals surface area contributed by atoms with E-state index in [1.54, 1.807) is 24.3 Å². The van der Waals surface area contributed by atoms with Crippen molar-refractivity contribution in [2.75, 3.05) is 32.1 Å². The second-order valence-corrected chi connectivity index (χ2v) is 5.96. The molecule has 1 aliphatic rings. The van der Waals surface area contributed by atoms with Crippen LogP contribution in [0.5, 0.6) is 0 Å². The molecule has 1 aromatic rings. The normalized spacial score (nSPS) is 14.4. The Labute approximate surface area is 147 Å². The summed E-state index contributed by atoms with van der Waals surface area (Å²) in [6.07, 6.45) is 4.07. The summed E-state index contributed by atoms with van der Waals surface area (Å²) >= 11 is 0. The van der Waals surface area contributed by atoms with E-state index in [2.05, 4.69) is 15.4 Å². The molecule has 0 bridgehead atoms. The lowest BCUT2D eigenvalue weighted by molar-refractivity contribution is -0.131. The van der Waals surface area contributed by atoms with Crippen molar-refractivity contribution in [3.8, 4) is 0 Å². The SMILES string of the molecule is COC(=O)Nc1ccccc1C(=O)NCCC(=O)N1CCCCCC1. The van der Waals surface area contributed by atoms with Crippen LogP contribution in [0.25, 0.3) is 0 Å². The zero-order valence-electron chi connectivity index (χ0n) is 14.5. The highest BCUT2D eigenvalue weighted by atomic mass is 16.5. The molecule has 1 saturated heterocycles. The summed E-state index contributed by atoms with van der Waals surface area (Å²) in [5.74, 6) is -0.265. The van der Waals surface area contributed by atoms with Gasteiger partial charge in [0, 0.05) is 26.1 Å². The standard InChI is InChI=1S/C18H25N3O4/c1-25-18(24)20-15-9-5-4-8-14(15)17(23)19-11-10-16(22)21-12-6-2-3-7-13-21/h4-5,8-9H,2-3,6-7,10-13H2,1H3,(H,19,23)(H,20,24). The lowest BCUT2D eigenvalue weighted by Gasteiger charge is -2.20. The van der Waals surface area contributed by atoms with Gasteiger partial charge in [0.05, 0.1) is 18.4 Å². The number of hydrogen-bond acceptors (Lipinski definition) is 4. The number of nitrogens with one attached hydrogen (secondary N) is 2. The van der Waals surface area contributed by atoms with Gasteiger partial charge < -0.3 is 15.0 Å². The van der Waals surface area contributed by atoms with Crippen LogP contribution in [-0.4, -0.2) is 49.6 Å². The number of carbonyl (C=O) groups is 3. The molecule has 1 aliphatic heterocycles. The number of anilines is 1. The molecule has 1 fully saturated rings. The summed E-state index contributed by atoms with van der Waals surface area (Å²) in [5.41, 5.74) is 0.695. The average Bonchev–Trinajstić information content (AvgIpc) is 2.91. The van der Waals surface area contributed by atoms with Crippen molar-refractivity contribution in [1.82, 2.24) is 10.2 Å². The van der Waals surface area contributed by atoms with Gasteiger partial charge in [-0.15, -0.1) is 0 Å². The van der Waals surface area contributed by atoms with Crippen LogP contribution in [0.2, 0.25) is 0 Å². The Hall–Kier alpha value is -2.57. The van der Waals surface area contributed by atoms with Gasteiger partial charge in [-0.1, -0.05) is 25.0 Å². The third-order valence-electron chi connectivity index (χ3n) is 4.18. The minimum atomic E-state index is -0.642. The Kier molecular flexibility index (Phi) is 7.25. The first-order valence-electron chi connectivity index (χ1n) is 8.62. The van der Waals surface area contributed by atoms with E-state index in [-0.39, 0.29) is 24.8 Å². The van der Waals surface area contributed by atoms with Crippen LogP contribution in [0.15, 0.2) is 24.3 Å². The lowest BCUT2D eigenvalue weighted by atomic mass is 10.1. The summed E-state index contributed by atoms with van der Waals surface area (Å²) in [5, 5.41) is 5.24. The minimum Gasteiger partial charge on any atom is -0.453 e. The van der Waals surface area contributed by atoms with Gasteiger partial charge in [-0.2, -0.15) is 0 Å². The van der Waals surface area contributed by atoms with Crippen molar-refractivity contribution in [3.05, 3.63) is 29.8 Å². The van der Waals surface area contributed by atoms with Crippen LogP contribution < -0.4 is 10.6 Å². The summed E-state index contributed by atoms with van der Waals surface area (Å²) < 4.78 is 4.55. The molecule has 7 heteroatoms. The van der Waals surface area contributed by atoms with Gasteiger partial charge in [-0.25, -0.2) is 4.79 Å². The molecule has 0 aromatic heterocycles. The molecule has 0 unspecified atom stereocenters. The number of ether oxygens (including phenoxy) is 1. The predicted molar refractivity (Wildman–Crippen MR) is 94.5 cm³/mol. The van der Waals surface area contributed by atoms with Crippen LogP contribution in [0.3, 0.4) is 0 Å². The van der Waals surface area contributed by atoms with Gasteiger partial charge in [0.1, 0.15) is 0 Å². The zero-order chi connectivity index (χ0) is 18.1. The highest BCUT2D eigenvalue weighted by molar-refractivity contribution is 6.02. The number of nitrogens with zero attached hydrogens (tertiary/aromatic N) is 1. The van der Waals surface area contributed by atoms with Crippen LogP contribution in [0.1, 0.15) is 42.5 Å². The molecule has 0 spiro atoms. The summed E-state index contributed by atoms with van der Waals surface area (Å²) in [6, 6.07) is 6.65. The van der Waals surface area contributed by atoms with Crippen LogP contribution in [-0.2, 0) is 9.53 Å². The fourth-order valence-corrected chi connectivity index (χ4v) is 2.81. The topological polar surface area (TPSA) is 87.7 Å². The van der Waals surface area contributed by atoms with Crippen molar-refractivity contribution in [2.24, 2.45) is 0 Å². The molecule has 1 aromatic carbocycles. The molecule has 0 radical (unpaired) electrons. The molecule has 136 valence electrons. The van der Waals surface area contributed by atoms with E-state index in [0.717, 1.165) is 25.9 Å². The molecule has 1 heterocycles. The number of carbonyl (C=O) groups excluding carboxylic acids is 3. The summed E-state index contributed by atoms with van der Waals surface area (Å²) in [6.45, 7) is 1.87. The smallest absolute Gasteiger partial charge is 0.411 e. The van der Waals surface area contributed by atoms with E-state index in [1.807, 2.05) is 4.90 Å². The van der Waals surface area contributed by atoms with Gasteiger partial charge in [-0.3, -0.25) is 14.9 Å². The molecular formula is C18H25N3O4. The van der Waals surface area contributed by atoms with Crippen LogP contribution in [0.4, 0.5) is 10.5 Å². The Morgan fingerprint density at radius 2 is 1.76 bits per heavy atom. The number of amides is 3. The second-order valence-electron chi connectivity index (χ2n) is 5.96. The van der Waals surface area contributed by atoms with Crippen molar-refractivity contribution >= 4 is 23.6 Å². The highest BCUT2D eigenvalue weighted by Gasteiger charge is 2.17. The molecule has 2 rings (SSSR count). The maximum atomic E-state index is 12.3. The number of rotatable bonds is 5. The quantitative estimate of drug-likeness (QED) is 0.856. The van der Waals surface area contributed by atoms with Gasteiger partial charge in [0.2, 0.25) is 5.91 Å². The van der Waals surface area contributed by atoms with Crippen molar-refractivity contribution in [3.63, 3.8) is 0 Å². The first kappa shape index (κ1) is 18.8. The minimum absolute atomic E-state index is 0.0724. The first-order valence-corrected chi connectivity index (χ1v) is 8.62. The van der Waals surface area contributed by atoms with E-state index in [0.29, 0.717) is 11.3 Å². The van der Waals surface area contributed by atoms with E-state index in [4.69, 9.17) is 0 Å². The Balaban J connectivity index is 1.85. The molecule has 0 aliphatic carbocycles. The molecular weight excluding hydrogens is 322 g/mol. The summed E-state index contributed by atoms with van der Waals surface area (Å²) in [7, 11) is 1.26. The number of likely N-dealkylation sites (tertiary alicyclic amines) is 1. The number of para-hydroxylation sites is 1. The third kappa shape index (κ3) is 5.77. The largest absolute Gasteiger partial charge is 0.453 e. The van der Waals surface area contributed by atoms with Crippen molar-refractivity contribution in [1.29, 1.82) is 0 Å². The zero-order valence-corrected chi connectivity index (χ0v) is 14.5. The summed E-state index contributed by atoms with van der Waals surface area (Å²) in [4.78, 5) is 37.8. The first-order chi connectivity index (χ1) is 12.1. The fraction of sp³-hybridized carbons (Fsp3) is 0.500. The van der Waals surface area contributed by atoms with E-state index >= 15 is 0 Å². The molecule has 0 atom stereocenters. The van der Waals surface area contributed by atoms with Crippen molar-refractivity contribution in [2.45, 2.75) is 32.1 Å². The number of benzene rings is 1. The molecule has 0 saturated carbocycles. The van der Waals surface area contributed by atoms with E-state index in [1.165, 1.54) is 20.0 Å². The fourth-order valence-electron chi connectivity index (χ4n) is 2.81. The Bertz CT molecular complexity index is 610. The maximum absolute atomic E-state index is 12.3. The number of methoxy groups -OCH3 is 1. The van der Waals surface area contributed by atoms with Crippen LogP contribution in [0, 0.1) is 0 Å². The average molecular weight is 347 g/mol. The van der Waals surface area contributed by atoms with Crippen LogP contribution >= 0.6 is 0 Å². The second kappa shape index (κ2) is 9.66. The Morgan fingerprint density at radius 3 is 2.44 bits per heavy atom. The van der Waals surface area contributed by atoms with Crippen molar-refractivity contribution < 1.29 is 19.1 Å². The monoisotopic (exact) mass is 347 g/mol. The molecule has 7 nitrogen and oxygen atoms in total. The molecule has 3 amide bonds. The Morgan fingerprint density at radius 1 is 1.08 bits per heavy atom. The predicted octanol–water partition coefficient (Wildman–Crippen LogP) is 2.39. The number of hydrogen-bond donors (Lipinski definition) is 2. The van der Waals surface area contributed by atoms with Gasteiger partial charge in [-0.05, 0) is 25.0 Å².